The number of fused-ring (bicyclic) bond motifs is 30. The largest absolute Gasteiger partial charge is 0.310 e. The average Bonchev–Trinajstić information content (AvgIpc) is 1.53. The first-order valence-corrected chi connectivity index (χ1v) is 41.6. The highest BCUT2D eigenvalue weighted by Crippen LogP contribution is 2.64. The van der Waals surface area contributed by atoms with E-state index in [1.807, 2.05) is 23.5 Å². The maximum atomic E-state index is 2.69. The molecule has 113 heavy (non-hydrogen) atoms. The Hall–Kier alpha value is -12.5. The highest BCUT2D eigenvalue weighted by Gasteiger charge is 2.54. The first-order chi connectivity index (χ1) is 55.3. The van der Waals surface area contributed by atoms with Gasteiger partial charge in [0.2, 0.25) is 13.4 Å². The molecule has 26 rings (SSSR count). The van der Waals surface area contributed by atoms with Crippen molar-refractivity contribution < 1.29 is 0 Å². The highest BCUT2D eigenvalue weighted by atomic mass is 32.2. The van der Waals surface area contributed by atoms with Gasteiger partial charge in [0, 0.05) is 96.5 Å². The van der Waals surface area contributed by atoms with E-state index in [0.717, 1.165) is 0 Å². The Bertz CT molecular complexity index is 7210. The Morgan fingerprint density at radius 3 is 1.02 bits per heavy atom. The van der Waals surface area contributed by atoms with E-state index in [9.17, 15) is 0 Å². The third-order valence-electron chi connectivity index (χ3n) is 26.8. The van der Waals surface area contributed by atoms with Crippen LogP contribution in [0.3, 0.4) is 0 Å². The molecule has 0 unspecified atom stereocenters. The molecule has 0 bridgehead atoms. The lowest BCUT2D eigenvalue weighted by atomic mass is 9.35. The van der Waals surface area contributed by atoms with E-state index < -0.39 is 5.41 Å². The molecule has 0 radical (unpaired) electrons. The number of benzene rings is 16. The fourth-order valence-corrected chi connectivity index (χ4v) is 24.3. The molecule has 528 valence electrons. The Morgan fingerprint density at radius 2 is 0.619 bits per heavy atom. The summed E-state index contributed by atoms with van der Waals surface area (Å²) in [5.41, 5.74) is 40.7. The van der Waals surface area contributed by atoms with Gasteiger partial charge in [0.15, 0.2) is 0 Å². The van der Waals surface area contributed by atoms with Crippen molar-refractivity contribution in [2.24, 2.45) is 0 Å². The Balaban J connectivity index is 0.686. The number of aromatic nitrogens is 4. The quantitative estimate of drug-likeness (QED) is 0.164. The molecule has 4 aromatic heterocycles. The molecule has 0 atom stereocenters. The molecule has 0 fully saturated rings. The molecule has 2 aliphatic carbocycles. The van der Waals surface area contributed by atoms with Crippen LogP contribution in [0, 0.1) is 0 Å². The van der Waals surface area contributed by atoms with Crippen LogP contribution in [0.4, 0.5) is 0 Å². The molecule has 1 spiro atoms. The lowest BCUT2D eigenvalue weighted by Gasteiger charge is -2.36. The Labute approximate surface area is 663 Å². The van der Waals surface area contributed by atoms with Gasteiger partial charge in [-0.1, -0.05) is 294 Å². The van der Waals surface area contributed by atoms with Gasteiger partial charge >= 0.3 is 0 Å². The lowest BCUT2D eigenvalue weighted by Crippen LogP contribution is -2.59. The molecular weight excluding hydrogens is 1400 g/mol. The van der Waals surface area contributed by atoms with Crippen LogP contribution in [-0.2, 0) is 16.2 Å². The highest BCUT2D eigenvalue weighted by molar-refractivity contribution is 8.00. The van der Waals surface area contributed by atoms with Crippen molar-refractivity contribution in [1.82, 2.24) is 18.3 Å². The number of hydrogen-bond acceptors (Lipinski definition) is 2. The standard InChI is InChI=1S/C105H70B2N4S2/c1-103(2,3)63-41-37-59(38-42-63)61-49-93-99-97(51-61)112-95-57-81-75(55-85(95)106(99)83-31-19-27-73-77-53-65(45-47-91(77)110(93)101(73)83)108-87-33-15-9-23-69(87)70-24-10-16-34-88(70)108)67-21-7-13-29-79(67)105(81)80-30-14-8-22-68(80)76-56-86-96(58-82(76)105)113-98-52-62(60-39-43-64(44-40-60)104(4,5)6)50-94-100(98)107(86)84-32-20-28-74-78-54-66(46-48-92(78)111(94)102(74)84)109-89-35-17-11-25-71(89)72-26-12-18-36-90(72)109/h7-58H,1-6H3. The van der Waals surface area contributed by atoms with Crippen LogP contribution in [0.1, 0.15) is 74.9 Å². The summed E-state index contributed by atoms with van der Waals surface area (Å²) in [6, 6.07) is 123. The maximum absolute atomic E-state index is 2.69. The number of nitrogens with zero attached hydrogens (tertiary/aromatic N) is 4. The van der Waals surface area contributed by atoms with Crippen LogP contribution >= 0.6 is 23.5 Å². The van der Waals surface area contributed by atoms with Gasteiger partial charge in [-0.25, -0.2) is 0 Å². The number of rotatable bonds is 4. The van der Waals surface area contributed by atoms with E-state index in [2.05, 4.69) is 375 Å². The predicted molar refractivity (Wildman–Crippen MR) is 479 cm³/mol. The molecule has 0 N–H and O–H groups in total. The van der Waals surface area contributed by atoms with Crippen molar-refractivity contribution in [3.8, 4) is 67.3 Å². The second kappa shape index (κ2) is 22.0. The van der Waals surface area contributed by atoms with E-state index in [1.54, 1.807) is 0 Å². The summed E-state index contributed by atoms with van der Waals surface area (Å²) in [5.74, 6) is 0. The van der Waals surface area contributed by atoms with E-state index in [1.165, 1.54) is 240 Å². The van der Waals surface area contributed by atoms with Crippen molar-refractivity contribution in [2.45, 2.75) is 77.4 Å². The molecule has 16 aromatic carbocycles. The van der Waals surface area contributed by atoms with Gasteiger partial charge in [-0.3, -0.25) is 0 Å². The summed E-state index contributed by atoms with van der Waals surface area (Å²) < 4.78 is 10.2. The predicted octanol–water partition coefficient (Wildman–Crippen LogP) is 22.9. The monoisotopic (exact) mass is 1470 g/mol. The lowest BCUT2D eigenvalue weighted by molar-refractivity contribution is 0.590. The minimum Gasteiger partial charge on any atom is -0.310 e. The van der Waals surface area contributed by atoms with Gasteiger partial charge in [-0.2, -0.15) is 0 Å². The molecule has 20 aromatic rings. The van der Waals surface area contributed by atoms with Gasteiger partial charge in [-0.05, 0) is 208 Å². The third-order valence-corrected chi connectivity index (χ3v) is 29.0. The summed E-state index contributed by atoms with van der Waals surface area (Å²) in [6.07, 6.45) is 0. The minimum atomic E-state index is -0.618. The molecule has 0 saturated carbocycles. The van der Waals surface area contributed by atoms with Gasteiger partial charge in [0.05, 0.1) is 38.5 Å². The summed E-state index contributed by atoms with van der Waals surface area (Å²) in [4.78, 5) is 5.28. The summed E-state index contributed by atoms with van der Waals surface area (Å²) >= 11 is 3.98. The van der Waals surface area contributed by atoms with Gasteiger partial charge in [0.1, 0.15) is 0 Å². The summed E-state index contributed by atoms with van der Waals surface area (Å²) in [6.45, 7) is 13.8. The second-order valence-corrected chi connectivity index (χ2v) is 36.7. The second-order valence-electron chi connectivity index (χ2n) is 34.6. The van der Waals surface area contributed by atoms with Crippen molar-refractivity contribution in [3.05, 3.63) is 349 Å². The van der Waals surface area contributed by atoms with Gasteiger partial charge in [0.25, 0.3) is 0 Å². The Kier molecular flexibility index (Phi) is 12.3. The zero-order chi connectivity index (χ0) is 74.6. The van der Waals surface area contributed by atoms with Crippen LogP contribution in [0.25, 0.3) is 154 Å². The van der Waals surface area contributed by atoms with E-state index in [-0.39, 0.29) is 24.3 Å². The smallest absolute Gasteiger partial charge is 0.249 e. The molecule has 0 saturated heterocycles. The summed E-state index contributed by atoms with van der Waals surface area (Å²) in [5, 5.41) is 10.1. The average molecular weight is 1470 g/mol. The molecule has 4 nitrogen and oxygen atoms in total. The zero-order valence-electron chi connectivity index (χ0n) is 63.3. The van der Waals surface area contributed by atoms with Crippen molar-refractivity contribution in [1.29, 1.82) is 0 Å². The van der Waals surface area contributed by atoms with Gasteiger partial charge < -0.3 is 18.3 Å². The maximum Gasteiger partial charge on any atom is 0.249 e. The van der Waals surface area contributed by atoms with Gasteiger partial charge in [-0.15, -0.1) is 0 Å². The first kappa shape index (κ1) is 63.2. The molecule has 8 heteroatoms. The molecular formula is C105H70B2N4S2. The van der Waals surface area contributed by atoms with Crippen molar-refractivity contribution in [2.75, 3.05) is 0 Å². The SMILES string of the molecule is CC(C)(C)c1ccc(-c2cc3c4c(c2)-n2c5ccc(-n6c7ccccc7c7ccccc76)cc5c5cccc(c52)B4c2cc4c(cc2S3)C2(c3ccccc3-4)c3ccccc3-c3cc4c(cc32)Sc2cc(-c3ccc(C(C)(C)C)cc3)cc3c2B4c2cccc4c5cc(-n6c7ccccc7c7ccccc76)ccc5n-3c24)cc1. The van der Waals surface area contributed by atoms with Crippen LogP contribution in [-0.4, -0.2) is 31.7 Å². The fourth-order valence-electron chi connectivity index (χ4n) is 21.9. The van der Waals surface area contributed by atoms with Crippen LogP contribution in [0.2, 0.25) is 0 Å². The summed E-state index contributed by atoms with van der Waals surface area (Å²) in [7, 11) is 0. The molecule has 6 aliphatic rings. The number of para-hydroxylation sites is 6. The van der Waals surface area contributed by atoms with E-state index in [0.29, 0.717) is 0 Å². The van der Waals surface area contributed by atoms with Crippen LogP contribution in [0.5, 0.6) is 0 Å². The molecule has 8 heterocycles. The van der Waals surface area contributed by atoms with Crippen molar-refractivity contribution >= 4 is 157 Å². The Morgan fingerprint density at radius 1 is 0.257 bits per heavy atom. The normalized spacial score (nSPS) is 14.2. The fraction of sp³-hybridized carbons (Fsp3) is 0.0857. The molecule has 4 aliphatic heterocycles. The van der Waals surface area contributed by atoms with Crippen molar-refractivity contribution in [3.63, 3.8) is 0 Å². The topological polar surface area (TPSA) is 19.7 Å². The van der Waals surface area contributed by atoms with Crippen LogP contribution in [0.15, 0.2) is 335 Å². The molecule has 0 amide bonds. The minimum absolute atomic E-state index is 0.0248. The first-order valence-electron chi connectivity index (χ1n) is 39.9. The third kappa shape index (κ3) is 8.22. The number of hydrogen-bond donors (Lipinski definition) is 0. The van der Waals surface area contributed by atoms with E-state index >= 15 is 0 Å². The zero-order valence-corrected chi connectivity index (χ0v) is 64.9. The van der Waals surface area contributed by atoms with E-state index in [4.69, 9.17) is 0 Å². The van der Waals surface area contributed by atoms with Crippen LogP contribution < -0.4 is 32.8 Å².